The van der Waals surface area contributed by atoms with E-state index in [2.05, 4.69) is 45.3 Å². The van der Waals surface area contributed by atoms with Crippen LogP contribution in [0.4, 0.5) is 4.39 Å². The van der Waals surface area contributed by atoms with Gasteiger partial charge in [0.15, 0.2) is 0 Å². The molecule has 0 fully saturated rings. The Balaban J connectivity index is 0.000000122. The second-order valence-electron chi connectivity index (χ2n) is 9.93. The molecule has 8 heteroatoms. The Morgan fingerprint density at radius 3 is 1.15 bits per heavy atom. The smallest absolute Gasteiger partial charge is 0.285 e. The van der Waals surface area contributed by atoms with Gasteiger partial charge in [0.1, 0.15) is 0 Å². The molecule has 9 rings (SSSR count). The van der Waals surface area contributed by atoms with E-state index in [4.69, 9.17) is 0 Å². The molecule has 0 aliphatic heterocycles. The number of fused-ring (bicyclic) bond motifs is 3. The van der Waals surface area contributed by atoms with Gasteiger partial charge in [-0.3, -0.25) is 19.3 Å². The van der Waals surface area contributed by atoms with Gasteiger partial charge in [0.2, 0.25) is 0 Å². The summed E-state index contributed by atoms with van der Waals surface area (Å²) in [6.45, 7) is 0. The minimum absolute atomic E-state index is 0. The first-order valence-corrected chi connectivity index (χ1v) is 16.8. The summed E-state index contributed by atoms with van der Waals surface area (Å²) in [5.41, 5.74) is 6.07. The third-order valence-corrected chi connectivity index (χ3v) is 9.97. The summed E-state index contributed by atoms with van der Waals surface area (Å²) in [6.07, 6.45) is 0. The number of aromatic nitrogens is 3. The Hall–Kier alpha value is -4.43. The van der Waals surface area contributed by atoms with Crippen molar-refractivity contribution in [1.29, 1.82) is 0 Å². The molecule has 0 amide bonds. The van der Waals surface area contributed by atoms with Crippen LogP contribution in [0.3, 0.4) is 0 Å². The molecular formula is C39H23FIrN3S3. The van der Waals surface area contributed by atoms with Gasteiger partial charge in [-0.2, -0.15) is 34.0 Å². The molecule has 3 aromatic heterocycles. The van der Waals surface area contributed by atoms with Crippen molar-refractivity contribution >= 4 is 64.7 Å². The summed E-state index contributed by atoms with van der Waals surface area (Å²) in [4.78, 5) is 13.6. The van der Waals surface area contributed by atoms with E-state index < -0.39 is 0 Å². The number of hydrogen-bond donors (Lipinski definition) is 0. The standard InChI is InChI=1S/C13H7FNS.2C13H8NS.Ir/c14-10-7-5-9(6-8-10)13-15-11-3-1-2-4-12(11)16-13;2*1-2-6-10(7-3-1)13-14-11-8-4-5-9-12(11)15-13;/h1-5,7-8H;2*1-6,8-9H;/q3*-1;+3. The van der Waals surface area contributed by atoms with E-state index in [1.165, 1.54) is 21.5 Å². The van der Waals surface area contributed by atoms with Crippen LogP contribution in [0, 0.1) is 24.0 Å². The monoisotopic (exact) mass is 841 g/mol. The third-order valence-electron chi connectivity index (χ3n) is 6.77. The Bertz CT molecular complexity index is 2120. The van der Waals surface area contributed by atoms with E-state index in [9.17, 15) is 4.39 Å². The normalized spacial score (nSPS) is 10.5. The number of hydrogen-bond acceptors (Lipinski definition) is 6. The fourth-order valence-corrected chi connectivity index (χ4v) is 7.42. The molecule has 47 heavy (non-hydrogen) atoms. The minimum atomic E-state index is -0.273. The summed E-state index contributed by atoms with van der Waals surface area (Å²) in [5, 5.41) is 2.95. The van der Waals surface area contributed by atoms with Crippen molar-refractivity contribution in [1.82, 2.24) is 15.0 Å². The minimum Gasteiger partial charge on any atom is -0.285 e. The van der Waals surface area contributed by atoms with Crippen LogP contribution in [0.2, 0.25) is 0 Å². The van der Waals surface area contributed by atoms with Crippen LogP contribution >= 0.6 is 34.0 Å². The first kappa shape index (κ1) is 32.5. The molecule has 3 heterocycles. The predicted molar refractivity (Wildman–Crippen MR) is 192 cm³/mol. The molecule has 0 atom stereocenters. The van der Waals surface area contributed by atoms with E-state index in [1.54, 1.807) is 40.1 Å². The molecule has 0 saturated heterocycles. The number of nitrogens with zero attached hydrogens (tertiary/aromatic N) is 3. The molecule has 3 nitrogen and oxygen atoms in total. The van der Waals surface area contributed by atoms with Gasteiger partial charge in [0.25, 0.3) is 0 Å². The SMILES string of the molecule is Fc1c[c-]c(-c2nc3ccccc3s2)cc1.[Ir+3].[c-]1ccccc1-c1nc2ccccc2s1.[c-]1ccccc1-c1nc2ccccc2s1. The van der Waals surface area contributed by atoms with Crippen molar-refractivity contribution in [3.63, 3.8) is 0 Å². The quantitative estimate of drug-likeness (QED) is 0.166. The largest absolute Gasteiger partial charge is 3.00 e. The van der Waals surface area contributed by atoms with Crippen LogP contribution in [-0.2, 0) is 20.1 Å². The van der Waals surface area contributed by atoms with Crippen LogP contribution in [0.25, 0.3) is 62.4 Å². The van der Waals surface area contributed by atoms with Gasteiger partial charge in [0.05, 0.1) is 16.6 Å². The molecular weight excluding hydrogens is 818 g/mol. The number of rotatable bonds is 3. The fraction of sp³-hybridized carbons (Fsp3) is 0. The summed E-state index contributed by atoms with van der Waals surface area (Å²) in [6, 6.07) is 53.9. The average Bonchev–Trinajstić information content (AvgIpc) is 3.87. The van der Waals surface area contributed by atoms with Crippen molar-refractivity contribution in [2.75, 3.05) is 0 Å². The van der Waals surface area contributed by atoms with Gasteiger partial charge >= 0.3 is 20.1 Å². The molecule has 0 N–H and O–H groups in total. The van der Waals surface area contributed by atoms with Crippen molar-refractivity contribution < 1.29 is 24.5 Å². The van der Waals surface area contributed by atoms with Crippen molar-refractivity contribution in [3.05, 3.63) is 164 Å². The molecule has 0 aliphatic rings. The third kappa shape index (κ3) is 7.93. The maximum atomic E-state index is 12.8. The van der Waals surface area contributed by atoms with Gasteiger partial charge < -0.3 is 0 Å². The number of benzene rings is 6. The Morgan fingerprint density at radius 1 is 0.426 bits per heavy atom. The molecule has 0 bridgehead atoms. The summed E-state index contributed by atoms with van der Waals surface area (Å²) in [7, 11) is 0. The van der Waals surface area contributed by atoms with E-state index >= 15 is 0 Å². The van der Waals surface area contributed by atoms with Crippen LogP contribution in [0.15, 0.2) is 140 Å². The van der Waals surface area contributed by atoms with Crippen LogP contribution < -0.4 is 0 Å². The zero-order chi connectivity index (χ0) is 31.1. The Labute approximate surface area is 297 Å². The molecule has 6 aromatic carbocycles. The van der Waals surface area contributed by atoms with E-state index in [1.807, 2.05) is 109 Å². The van der Waals surface area contributed by atoms with Gasteiger partial charge in [-0.25, -0.2) is 0 Å². The average molecular weight is 841 g/mol. The maximum absolute atomic E-state index is 12.8. The molecule has 0 aliphatic carbocycles. The Kier molecular flexibility index (Phi) is 10.7. The van der Waals surface area contributed by atoms with E-state index in [0.717, 1.165) is 53.0 Å². The zero-order valence-corrected chi connectivity index (χ0v) is 29.4. The molecule has 0 saturated carbocycles. The maximum Gasteiger partial charge on any atom is 3.00 e. The van der Waals surface area contributed by atoms with Crippen molar-refractivity contribution in [2.24, 2.45) is 0 Å². The second kappa shape index (κ2) is 15.4. The predicted octanol–water partition coefficient (Wildman–Crippen LogP) is 11.4. The number of halogens is 1. The molecule has 0 spiro atoms. The van der Waals surface area contributed by atoms with Gasteiger partial charge in [-0.1, -0.05) is 36.4 Å². The van der Waals surface area contributed by atoms with Crippen LogP contribution in [0.5, 0.6) is 0 Å². The number of para-hydroxylation sites is 3. The van der Waals surface area contributed by atoms with E-state index in [0.29, 0.717) is 0 Å². The van der Waals surface area contributed by atoms with Crippen LogP contribution in [0.1, 0.15) is 0 Å². The molecule has 9 aromatic rings. The van der Waals surface area contributed by atoms with Gasteiger partial charge in [-0.15, -0.1) is 102 Å². The van der Waals surface area contributed by atoms with Gasteiger partial charge in [-0.05, 0) is 36.4 Å². The first-order chi connectivity index (χ1) is 22.7. The first-order valence-electron chi connectivity index (χ1n) is 14.4. The Morgan fingerprint density at radius 2 is 0.809 bits per heavy atom. The molecule has 0 radical (unpaired) electrons. The zero-order valence-electron chi connectivity index (χ0n) is 24.6. The van der Waals surface area contributed by atoms with Crippen LogP contribution in [-0.4, -0.2) is 15.0 Å². The number of thiazole rings is 3. The summed E-state index contributed by atoms with van der Waals surface area (Å²) < 4.78 is 16.3. The van der Waals surface area contributed by atoms with Crippen molar-refractivity contribution in [2.45, 2.75) is 0 Å². The molecule has 228 valence electrons. The fourth-order valence-electron chi connectivity index (χ4n) is 4.55. The topological polar surface area (TPSA) is 38.7 Å². The van der Waals surface area contributed by atoms with Crippen molar-refractivity contribution in [3.8, 4) is 31.7 Å². The second-order valence-corrected chi connectivity index (χ2v) is 13.0. The van der Waals surface area contributed by atoms with E-state index in [-0.39, 0.29) is 25.9 Å². The summed E-state index contributed by atoms with van der Waals surface area (Å²) in [5.74, 6) is -0.273. The molecule has 0 unspecified atom stereocenters. The summed E-state index contributed by atoms with van der Waals surface area (Å²) >= 11 is 5.01. The van der Waals surface area contributed by atoms with Gasteiger partial charge in [0, 0.05) is 34.9 Å².